The second-order valence-corrected chi connectivity index (χ2v) is 6.52. The van der Waals surface area contributed by atoms with Crippen LogP contribution in [-0.4, -0.2) is 23.5 Å². The summed E-state index contributed by atoms with van der Waals surface area (Å²) in [7, 11) is 0. The van der Waals surface area contributed by atoms with Crippen molar-refractivity contribution in [3.63, 3.8) is 0 Å². The number of amidine groups is 1. The zero-order valence-corrected chi connectivity index (χ0v) is 12.5. The van der Waals surface area contributed by atoms with E-state index >= 15 is 0 Å². The van der Waals surface area contributed by atoms with Gasteiger partial charge in [-0.1, -0.05) is 37.8 Å². The van der Waals surface area contributed by atoms with E-state index in [1.807, 2.05) is 0 Å². The molecule has 4 N–H and O–H groups in total. The number of carbonyl (C=O) groups is 1. The first-order valence-electron chi connectivity index (χ1n) is 7.85. The van der Waals surface area contributed by atoms with Crippen molar-refractivity contribution in [3.05, 3.63) is 0 Å². The lowest BCUT2D eigenvalue weighted by atomic mass is 9.81. The van der Waals surface area contributed by atoms with Gasteiger partial charge in [-0.15, -0.1) is 0 Å². The molecule has 5 nitrogen and oxygen atoms in total. The van der Waals surface area contributed by atoms with Gasteiger partial charge in [0.15, 0.2) is 5.84 Å². The molecule has 0 saturated heterocycles. The summed E-state index contributed by atoms with van der Waals surface area (Å²) in [5.41, 5.74) is 5.29. The third-order valence-corrected chi connectivity index (χ3v) is 5.53. The van der Waals surface area contributed by atoms with Crippen LogP contribution >= 0.6 is 0 Å². The molecule has 2 saturated carbocycles. The van der Waals surface area contributed by atoms with Crippen molar-refractivity contribution in [2.45, 2.75) is 64.7 Å². The minimum Gasteiger partial charge on any atom is -0.409 e. The Morgan fingerprint density at radius 2 is 1.75 bits per heavy atom. The number of amides is 1. The maximum atomic E-state index is 12.6. The highest BCUT2D eigenvalue weighted by atomic mass is 16.4. The molecule has 0 radical (unpaired) electrons. The number of carbonyl (C=O) groups excluding carboxylic acids is 1. The Bertz CT molecular complexity index is 381. The van der Waals surface area contributed by atoms with Crippen LogP contribution in [0.1, 0.15) is 64.7 Å². The van der Waals surface area contributed by atoms with E-state index in [0.717, 1.165) is 25.8 Å². The monoisotopic (exact) mass is 281 g/mol. The van der Waals surface area contributed by atoms with Crippen LogP contribution in [0.25, 0.3) is 0 Å². The van der Waals surface area contributed by atoms with Gasteiger partial charge >= 0.3 is 0 Å². The van der Waals surface area contributed by atoms with Gasteiger partial charge in [-0.2, -0.15) is 0 Å². The Morgan fingerprint density at radius 3 is 2.25 bits per heavy atom. The van der Waals surface area contributed by atoms with Gasteiger partial charge < -0.3 is 16.3 Å². The van der Waals surface area contributed by atoms with Gasteiger partial charge in [-0.3, -0.25) is 4.79 Å². The Balaban J connectivity index is 2.03. The van der Waals surface area contributed by atoms with Crippen LogP contribution in [-0.2, 0) is 4.79 Å². The normalized spacial score (nSPS) is 24.8. The summed E-state index contributed by atoms with van der Waals surface area (Å²) in [6.45, 7) is 2.93. The molecule has 2 aliphatic carbocycles. The SMILES string of the molecule is CCC1(CNC(=O)C2(C(N)=NO)CCCC2)CCCC1. The van der Waals surface area contributed by atoms with Crippen molar-refractivity contribution < 1.29 is 10.0 Å². The number of hydrogen-bond acceptors (Lipinski definition) is 3. The smallest absolute Gasteiger partial charge is 0.233 e. The fourth-order valence-electron chi connectivity index (χ4n) is 3.89. The second kappa shape index (κ2) is 6.02. The molecule has 20 heavy (non-hydrogen) atoms. The van der Waals surface area contributed by atoms with Gasteiger partial charge in [0.2, 0.25) is 5.91 Å². The summed E-state index contributed by atoms with van der Waals surface area (Å²) in [5.74, 6) is 0.0227. The Hall–Kier alpha value is -1.26. The Morgan fingerprint density at radius 1 is 1.20 bits per heavy atom. The van der Waals surface area contributed by atoms with Crippen molar-refractivity contribution in [3.8, 4) is 0 Å². The molecule has 0 aromatic rings. The van der Waals surface area contributed by atoms with Crippen molar-refractivity contribution in [2.24, 2.45) is 21.7 Å². The predicted octanol–water partition coefficient (Wildman–Crippen LogP) is 2.38. The molecule has 0 aromatic carbocycles. The summed E-state index contributed by atoms with van der Waals surface area (Å²) in [6.07, 6.45) is 9.31. The maximum absolute atomic E-state index is 12.6. The van der Waals surface area contributed by atoms with Gasteiger partial charge in [-0.05, 0) is 37.5 Å². The quantitative estimate of drug-likeness (QED) is 0.313. The van der Waals surface area contributed by atoms with Gasteiger partial charge in [0.1, 0.15) is 5.41 Å². The zero-order valence-electron chi connectivity index (χ0n) is 12.5. The van der Waals surface area contributed by atoms with Gasteiger partial charge in [-0.25, -0.2) is 0 Å². The van der Waals surface area contributed by atoms with Crippen LogP contribution < -0.4 is 11.1 Å². The van der Waals surface area contributed by atoms with Crippen molar-refractivity contribution in [1.29, 1.82) is 0 Å². The first kappa shape index (κ1) is 15.1. The number of oxime groups is 1. The average Bonchev–Trinajstić information content (AvgIpc) is 3.14. The standard InChI is InChI=1S/C15H27N3O2/c1-2-14(7-3-4-8-14)11-17-13(19)15(12(16)18-20)9-5-6-10-15/h20H,2-11H2,1H3,(H2,16,18)(H,17,19). The van der Waals surface area contributed by atoms with E-state index in [9.17, 15) is 4.79 Å². The molecule has 5 heteroatoms. The highest BCUT2D eigenvalue weighted by Gasteiger charge is 2.46. The van der Waals surface area contributed by atoms with Crippen molar-refractivity contribution in [1.82, 2.24) is 5.32 Å². The first-order chi connectivity index (χ1) is 9.58. The summed E-state index contributed by atoms with van der Waals surface area (Å²) >= 11 is 0. The van der Waals surface area contributed by atoms with E-state index in [0.29, 0.717) is 12.8 Å². The summed E-state index contributed by atoms with van der Waals surface area (Å²) in [4.78, 5) is 12.6. The molecule has 0 atom stereocenters. The number of rotatable bonds is 5. The third-order valence-electron chi connectivity index (χ3n) is 5.53. The molecule has 0 spiro atoms. The molecule has 1 amide bonds. The Labute approximate surface area is 121 Å². The van der Waals surface area contributed by atoms with Gasteiger partial charge in [0.25, 0.3) is 0 Å². The molecule has 2 fully saturated rings. The van der Waals surface area contributed by atoms with Gasteiger partial charge in [0, 0.05) is 6.54 Å². The van der Waals surface area contributed by atoms with Crippen molar-refractivity contribution >= 4 is 11.7 Å². The van der Waals surface area contributed by atoms with Gasteiger partial charge in [0.05, 0.1) is 0 Å². The molecular weight excluding hydrogens is 254 g/mol. The molecular formula is C15H27N3O2. The third kappa shape index (κ3) is 2.63. The lowest BCUT2D eigenvalue weighted by molar-refractivity contribution is -0.128. The first-order valence-corrected chi connectivity index (χ1v) is 7.85. The average molecular weight is 281 g/mol. The number of hydrogen-bond donors (Lipinski definition) is 3. The van der Waals surface area contributed by atoms with E-state index in [2.05, 4.69) is 17.4 Å². The zero-order chi connectivity index (χ0) is 14.6. The van der Waals surface area contributed by atoms with Crippen LogP contribution in [0.15, 0.2) is 5.16 Å². The minimum absolute atomic E-state index is 0.0509. The Kier molecular flexibility index (Phi) is 4.55. The van der Waals surface area contributed by atoms with Crippen LogP contribution in [0.2, 0.25) is 0 Å². The minimum atomic E-state index is -0.776. The molecule has 0 aliphatic heterocycles. The molecule has 0 aromatic heterocycles. The predicted molar refractivity (Wildman–Crippen MR) is 78.5 cm³/mol. The number of nitrogens with zero attached hydrogens (tertiary/aromatic N) is 1. The number of nitrogens with two attached hydrogens (primary N) is 1. The lowest BCUT2D eigenvalue weighted by Crippen LogP contribution is -2.50. The fraction of sp³-hybridized carbons (Fsp3) is 0.867. The largest absolute Gasteiger partial charge is 0.409 e. The van der Waals surface area contributed by atoms with Crippen molar-refractivity contribution in [2.75, 3.05) is 6.54 Å². The molecule has 2 aliphatic rings. The summed E-state index contributed by atoms with van der Waals surface area (Å²) in [6, 6.07) is 0. The van der Waals surface area contributed by atoms with E-state index < -0.39 is 5.41 Å². The lowest BCUT2D eigenvalue weighted by Gasteiger charge is -2.31. The topological polar surface area (TPSA) is 87.7 Å². The van der Waals surface area contributed by atoms with Crippen LogP contribution in [0.5, 0.6) is 0 Å². The number of nitrogens with one attached hydrogen (secondary N) is 1. The van der Waals surface area contributed by atoms with Crippen LogP contribution in [0, 0.1) is 10.8 Å². The molecule has 2 rings (SSSR count). The van der Waals surface area contributed by atoms with Crippen LogP contribution in [0.4, 0.5) is 0 Å². The second-order valence-electron chi connectivity index (χ2n) is 6.52. The summed E-state index contributed by atoms with van der Waals surface area (Å²) in [5, 5.41) is 15.2. The van der Waals surface area contributed by atoms with E-state index in [4.69, 9.17) is 10.9 Å². The highest BCUT2D eigenvalue weighted by Crippen LogP contribution is 2.42. The molecule has 0 unspecified atom stereocenters. The van der Waals surface area contributed by atoms with E-state index in [1.165, 1.54) is 25.7 Å². The maximum Gasteiger partial charge on any atom is 0.233 e. The highest BCUT2D eigenvalue weighted by molar-refractivity contribution is 6.07. The molecule has 0 bridgehead atoms. The van der Waals surface area contributed by atoms with E-state index in [1.54, 1.807) is 0 Å². The van der Waals surface area contributed by atoms with Crippen LogP contribution in [0.3, 0.4) is 0 Å². The fourth-order valence-corrected chi connectivity index (χ4v) is 3.89. The van der Waals surface area contributed by atoms with E-state index in [-0.39, 0.29) is 17.2 Å². The molecule has 0 heterocycles. The summed E-state index contributed by atoms with van der Waals surface area (Å²) < 4.78 is 0. The molecule has 114 valence electrons.